The third-order valence-corrected chi connectivity index (χ3v) is 6.55. The first-order valence-corrected chi connectivity index (χ1v) is 10.2. The van der Waals surface area contributed by atoms with Gasteiger partial charge in [0.05, 0.1) is 11.8 Å². The summed E-state index contributed by atoms with van der Waals surface area (Å²) in [7, 11) is 0. The fraction of sp³-hybridized carbons (Fsp3) is 0.500. The highest BCUT2D eigenvalue weighted by molar-refractivity contribution is 7.10. The van der Waals surface area contributed by atoms with Crippen LogP contribution in [0.1, 0.15) is 57.5 Å². The van der Waals surface area contributed by atoms with E-state index in [0.29, 0.717) is 24.8 Å². The second-order valence-corrected chi connectivity index (χ2v) is 8.38. The Morgan fingerprint density at radius 3 is 2.81 bits per heavy atom. The molecule has 5 nitrogen and oxygen atoms in total. The Bertz CT molecular complexity index is 788. The average Bonchev–Trinajstić information content (AvgIpc) is 3.31. The minimum Gasteiger partial charge on any atom is -0.459 e. The molecule has 138 valence electrons. The SMILES string of the molecule is CC1CCc2c(C(=O)NC3CCN(C(=O)c4ccco4)CC3)csc2C1. The third-order valence-electron chi connectivity index (χ3n) is 5.50. The van der Waals surface area contributed by atoms with Gasteiger partial charge in [-0.25, -0.2) is 0 Å². The highest BCUT2D eigenvalue weighted by Gasteiger charge is 2.28. The van der Waals surface area contributed by atoms with Crippen LogP contribution in [0.4, 0.5) is 0 Å². The molecule has 2 aliphatic rings. The topological polar surface area (TPSA) is 62.6 Å². The van der Waals surface area contributed by atoms with Crippen molar-refractivity contribution in [3.63, 3.8) is 0 Å². The fourth-order valence-electron chi connectivity index (χ4n) is 3.91. The number of furan rings is 1. The second-order valence-electron chi connectivity index (χ2n) is 7.42. The van der Waals surface area contributed by atoms with E-state index in [1.54, 1.807) is 28.4 Å². The Balaban J connectivity index is 1.33. The molecule has 1 aliphatic carbocycles. The van der Waals surface area contributed by atoms with Crippen LogP contribution >= 0.6 is 11.3 Å². The number of likely N-dealkylation sites (tertiary alicyclic amines) is 1. The first kappa shape index (κ1) is 17.3. The molecule has 2 aromatic heterocycles. The molecule has 26 heavy (non-hydrogen) atoms. The maximum atomic E-state index is 12.7. The van der Waals surface area contributed by atoms with Crippen LogP contribution in [0.3, 0.4) is 0 Å². The van der Waals surface area contributed by atoms with Gasteiger partial charge in [-0.15, -0.1) is 11.3 Å². The summed E-state index contributed by atoms with van der Waals surface area (Å²) in [5.74, 6) is 1.08. The van der Waals surface area contributed by atoms with Crippen LogP contribution < -0.4 is 5.32 Å². The second kappa shape index (κ2) is 7.27. The van der Waals surface area contributed by atoms with Crippen LogP contribution in [0, 0.1) is 5.92 Å². The lowest BCUT2D eigenvalue weighted by molar-refractivity contribution is 0.0667. The number of amides is 2. The zero-order valence-electron chi connectivity index (χ0n) is 15.0. The molecule has 0 aromatic carbocycles. The monoisotopic (exact) mass is 372 g/mol. The highest BCUT2D eigenvalue weighted by Crippen LogP contribution is 2.32. The van der Waals surface area contributed by atoms with Crippen molar-refractivity contribution in [3.8, 4) is 0 Å². The third kappa shape index (κ3) is 3.43. The van der Waals surface area contributed by atoms with Gasteiger partial charge in [-0.3, -0.25) is 9.59 Å². The lowest BCUT2D eigenvalue weighted by atomic mass is 9.88. The van der Waals surface area contributed by atoms with E-state index < -0.39 is 0 Å². The molecule has 1 aliphatic heterocycles. The molecule has 1 saturated heterocycles. The van der Waals surface area contributed by atoms with Gasteiger partial charge in [0.2, 0.25) is 0 Å². The van der Waals surface area contributed by atoms with Crippen molar-refractivity contribution in [2.75, 3.05) is 13.1 Å². The number of fused-ring (bicyclic) bond motifs is 1. The number of hydrogen-bond acceptors (Lipinski definition) is 4. The molecular weight excluding hydrogens is 348 g/mol. The zero-order valence-corrected chi connectivity index (χ0v) is 15.8. The van der Waals surface area contributed by atoms with Gasteiger partial charge in [0.15, 0.2) is 5.76 Å². The van der Waals surface area contributed by atoms with Crippen molar-refractivity contribution in [2.24, 2.45) is 5.92 Å². The highest BCUT2D eigenvalue weighted by atomic mass is 32.1. The van der Waals surface area contributed by atoms with Crippen molar-refractivity contribution in [1.82, 2.24) is 10.2 Å². The maximum absolute atomic E-state index is 12.7. The van der Waals surface area contributed by atoms with Crippen LogP contribution in [-0.2, 0) is 12.8 Å². The first-order valence-electron chi connectivity index (χ1n) is 9.34. The largest absolute Gasteiger partial charge is 0.459 e. The number of hydrogen-bond donors (Lipinski definition) is 1. The van der Waals surface area contributed by atoms with E-state index in [4.69, 9.17) is 4.42 Å². The molecule has 0 saturated carbocycles. The molecule has 1 fully saturated rings. The molecular formula is C20H24N2O3S. The standard InChI is InChI=1S/C20H24N2O3S/c1-13-4-5-15-16(12-26-18(15)11-13)19(23)21-14-6-8-22(9-7-14)20(24)17-3-2-10-25-17/h2-3,10,12-14H,4-9,11H2,1H3,(H,21,23). The smallest absolute Gasteiger partial charge is 0.289 e. The molecule has 3 heterocycles. The summed E-state index contributed by atoms with van der Waals surface area (Å²) in [6, 6.07) is 3.54. The van der Waals surface area contributed by atoms with Crippen LogP contribution in [0.15, 0.2) is 28.2 Å². The predicted molar refractivity (Wildman–Crippen MR) is 101 cm³/mol. The lowest BCUT2D eigenvalue weighted by Crippen LogP contribution is -2.46. The number of piperidine rings is 1. The molecule has 0 spiro atoms. The summed E-state index contributed by atoms with van der Waals surface area (Å²) in [6.45, 7) is 3.56. The van der Waals surface area contributed by atoms with Crippen LogP contribution in [0.2, 0.25) is 0 Å². The Morgan fingerprint density at radius 1 is 1.27 bits per heavy atom. The first-order chi connectivity index (χ1) is 12.6. The maximum Gasteiger partial charge on any atom is 0.289 e. The average molecular weight is 372 g/mol. The lowest BCUT2D eigenvalue weighted by Gasteiger charge is -2.32. The molecule has 4 rings (SSSR count). The van der Waals surface area contributed by atoms with E-state index >= 15 is 0 Å². The van der Waals surface area contributed by atoms with Gasteiger partial charge in [-0.2, -0.15) is 0 Å². The van der Waals surface area contributed by atoms with E-state index in [1.807, 2.05) is 5.38 Å². The van der Waals surface area contributed by atoms with Gasteiger partial charge < -0.3 is 14.6 Å². The summed E-state index contributed by atoms with van der Waals surface area (Å²) in [5.41, 5.74) is 2.13. The summed E-state index contributed by atoms with van der Waals surface area (Å²) in [5, 5.41) is 5.20. The number of nitrogens with zero attached hydrogens (tertiary/aromatic N) is 1. The molecule has 2 aromatic rings. The van der Waals surface area contributed by atoms with Gasteiger partial charge in [0.25, 0.3) is 11.8 Å². The quantitative estimate of drug-likeness (QED) is 0.897. The van der Waals surface area contributed by atoms with Crippen LogP contribution in [0.25, 0.3) is 0 Å². The van der Waals surface area contributed by atoms with Crippen molar-refractivity contribution in [3.05, 3.63) is 45.5 Å². The molecule has 6 heteroatoms. The van der Waals surface area contributed by atoms with E-state index in [2.05, 4.69) is 12.2 Å². The Labute approximate surface area is 157 Å². The van der Waals surface area contributed by atoms with Crippen molar-refractivity contribution in [1.29, 1.82) is 0 Å². The van der Waals surface area contributed by atoms with Crippen molar-refractivity contribution < 1.29 is 14.0 Å². The van der Waals surface area contributed by atoms with Gasteiger partial charge in [-0.1, -0.05) is 6.92 Å². The Kier molecular flexibility index (Phi) is 4.85. The van der Waals surface area contributed by atoms with E-state index in [0.717, 1.165) is 37.7 Å². The van der Waals surface area contributed by atoms with Gasteiger partial charge in [0, 0.05) is 29.4 Å². The molecule has 0 radical (unpaired) electrons. The number of carbonyl (C=O) groups excluding carboxylic acids is 2. The molecule has 2 amide bonds. The Hall–Kier alpha value is -2.08. The predicted octanol–water partition coefficient (Wildman–Crippen LogP) is 3.50. The van der Waals surface area contributed by atoms with Crippen molar-refractivity contribution in [2.45, 2.75) is 45.1 Å². The minimum absolute atomic E-state index is 0.0489. The van der Waals surface area contributed by atoms with E-state index in [1.165, 1.54) is 16.7 Å². The van der Waals surface area contributed by atoms with Crippen LogP contribution in [-0.4, -0.2) is 35.8 Å². The number of rotatable bonds is 3. The summed E-state index contributed by atoms with van der Waals surface area (Å²) >= 11 is 1.72. The molecule has 1 unspecified atom stereocenters. The zero-order chi connectivity index (χ0) is 18.1. The van der Waals surface area contributed by atoms with E-state index in [9.17, 15) is 9.59 Å². The Morgan fingerprint density at radius 2 is 2.08 bits per heavy atom. The van der Waals surface area contributed by atoms with Gasteiger partial charge in [0.1, 0.15) is 0 Å². The van der Waals surface area contributed by atoms with Gasteiger partial charge in [-0.05, 0) is 55.7 Å². The number of carbonyl (C=O) groups is 2. The summed E-state index contributed by atoms with van der Waals surface area (Å²) in [4.78, 5) is 28.2. The summed E-state index contributed by atoms with van der Waals surface area (Å²) < 4.78 is 5.19. The van der Waals surface area contributed by atoms with E-state index in [-0.39, 0.29) is 17.9 Å². The molecule has 0 bridgehead atoms. The summed E-state index contributed by atoms with van der Waals surface area (Å²) in [6.07, 6.45) is 6.35. The number of thiophene rings is 1. The van der Waals surface area contributed by atoms with Crippen molar-refractivity contribution >= 4 is 23.2 Å². The molecule has 1 N–H and O–H groups in total. The minimum atomic E-state index is -0.0687. The number of nitrogens with one attached hydrogen (secondary N) is 1. The van der Waals surface area contributed by atoms with Gasteiger partial charge >= 0.3 is 0 Å². The fourth-order valence-corrected chi connectivity index (χ4v) is 5.16. The molecule has 1 atom stereocenters. The van der Waals surface area contributed by atoms with Crippen LogP contribution in [0.5, 0.6) is 0 Å². The normalized spacial score (nSPS) is 20.7.